The van der Waals surface area contributed by atoms with Crippen LogP contribution in [0.15, 0.2) is 0 Å². The lowest BCUT2D eigenvalue weighted by molar-refractivity contribution is -0.0431. The van der Waals surface area contributed by atoms with Gasteiger partial charge in [-0.05, 0) is 25.7 Å². The lowest BCUT2D eigenvalue weighted by Crippen LogP contribution is -2.59. The lowest BCUT2D eigenvalue weighted by atomic mass is 9.85. The van der Waals surface area contributed by atoms with Gasteiger partial charge in [-0.1, -0.05) is 6.92 Å². The minimum Gasteiger partial charge on any atom is -0.388 e. The molecular weight excluding hydrogens is 164 g/mol. The summed E-state index contributed by atoms with van der Waals surface area (Å²) in [7, 11) is 0. The Morgan fingerprint density at radius 1 is 1.54 bits per heavy atom. The summed E-state index contributed by atoms with van der Waals surface area (Å²) in [5.74, 6) is 0. The maximum absolute atomic E-state index is 10.1. The highest BCUT2D eigenvalue weighted by molar-refractivity contribution is 4.99. The van der Waals surface area contributed by atoms with Crippen molar-refractivity contribution < 1.29 is 5.11 Å². The summed E-state index contributed by atoms with van der Waals surface area (Å²) in [6.45, 7) is 3.93. The predicted octanol–water partition coefficient (Wildman–Crippen LogP) is 0.323. The zero-order valence-electron chi connectivity index (χ0n) is 8.37. The van der Waals surface area contributed by atoms with E-state index in [2.05, 4.69) is 4.90 Å². The van der Waals surface area contributed by atoms with Crippen LogP contribution in [0.5, 0.6) is 0 Å². The van der Waals surface area contributed by atoms with Gasteiger partial charge in [-0.25, -0.2) is 0 Å². The number of hydrogen-bond donors (Lipinski definition) is 2. The first kappa shape index (κ1) is 9.44. The van der Waals surface area contributed by atoms with Crippen molar-refractivity contribution in [3.05, 3.63) is 0 Å². The number of rotatable bonds is 2. The second-order valence-electron chi connectivity index (χ2n) is 4.54. The monoisotopic (exact) mass is 184 g/mol. The Morgan fingerprint density at radius 3 is 2.69 bits per heavy atom. The molecule has 0 aromatic carbocycles. The minimum absolute atomic E-state index is 0.0492. The third-order valence-corrected chi connectivity index (χ3v) is 3.63. The molecule has 0 bridgehead atoms. The predicted molar refractivity (Wildman–Crippen MR) is 52.4 cm³/mol. The van der Waals surface area contributed by atoms with Gasteiger partial charge in [0.15, 0.2) is 0 Å². The number of aliphatic hydroxyl groups is 1. The van der Waals surface area contributed by atoms with Gasteiger partial charge in [0, 0.05) is 25.2 Å². The van der Waals surface area contributed by atoms with Gasteiger partial charge in [-0.15, -0.1) is 0 Å². The average molecular weight is 184 g/mol. The molecule has 0 spiro atoms. The molecule has 2 aliphatic rings. The molecule has 1 saturated carbocycles. The zero-order valence-corrected chi connectivity index (χ0v) is 8.37. The number of piperidine rings is 1. The molecular formula is C10H20N2O. The van der Waals surface area contributed by atoms with Crippen LogP contribution in [0.4, 0.5) is 0 Å². The average Bonchev–Trinajstić information content (AvgIpc) is 2.93. The molecule has 2 unspecified atom stereocenters. The van der Waals surface area contributed by atoms with Crippen LogP contribution in [0.3, 0.4) is 0 Å². The van der Waals surface area contributed by atoms with Crippen molar-refractivity contribution in [1.82, 2.24) is 4.90 Å². The Balaban J connectivity index is 1.94. The second kappa shape index (κ2) is 3.23. The van der Waals surface area contributed by atoms with Crippen molar-refractivity contribution in [2.75, 3.05) is 13.1 Å². The molecule has 3 nitrogen and oxygen atoms in total. The van der Waals surface area contributed by atoms with Gasteiger partial charge in [0.1, 0.15) is 0 Å². The van der Waals surface area contributed by atoms with Crippen molar-refractivity contribution in [1.29, 1.82) is 0 Å². The van der Waals surface area contributed by atoms with Crippen LogP contribution in [-0.2, 0) is 0 Å². The molecule has 2 fully saturated rings. The van der Waals surface area contributed by atoms with Gasteiger partial charge in [-0.3, -0.25) is 4.90 Å². The summed E-state index contributed by atoms with van der Waals surface area (Å²) in [6, 6.07) is 0.735. The highest BCUT2D eigenvalue weighted by Gasteiger charge is 2.41. The molecule has 2 rings (SSSR count). The molecule has 0 aromatic heterocycles. The Morgan fingerprint density at radius 2 is 2.23 bits per heavy atom. The van der Waals surface area contributed by atoms with Crippen molar-refractivity contribution in [3.8, 4) is 0 Å². The summed E-state index contributed by atoms with van der Waals surface area (Å²) < 4.78 is 0. The van der Waals surface area contributed by atoms with E-state index in [0.717, 1.165) is 32.0 Å². The van der Waals surface area contributed by atoms with E-state index in [1.807, 2.05) is 6.92 Å². The van der Waals surface area contributed by atoms with Crippen LogP contribution in [0.1, 0.15) is 32.6 Å². The SMILES string of the molecule is CCC1(O)CCN(C2CC2)CC1N. The van der Waals surface area contributed by atoms with Crippen molar-refractivity contribution in [2.45, 2.75) is 50.3 Å². The van der Waals surface area contributed by atoms with Crippen molar-refractivity contribution >= 4 is 0 Å². The summed E-state index contributed by atoms with van der Waals surface area (Å²) in [4.78, 5) is 2.44. The molecule has 0 amide bonds. The first-order chi connectivity index (χ1) is 6.15. The van der Waals surface area contributed by atoms with Crippen molar-refractivity contribution in [2.24, 2.45) is 5.73 Å². The van der Waals surface area contributed by atoms with E-state index >= 15 is 0 Å². The van der Waals surface area contributed by atoms with E-state index in [4.69, 9.17) is 5.73 Å². The summed E-state index contributed by atoms with van der Waals surface area (Å²) in [5, 5.41) is 10.1. The number of hydrogen-bond acceptors (Lipinski definition) is 3. The summed E-state index contributed by atoms with van der Waals surface area (Å²) in [5.41, 5.74) is 5.40. The molecule has 2 atom stereocenters. The molecule has 1 saturated heterocycles. The fourth-order valence-electron chi connectivity index (χ4n) is 2.25. The van der Waals surface area contributed by atoms with E-state index < -0.39 is 5.60 Å². The van der Waals surface area contributed by atoms with Crippen molar-refractivity contribution in [3.63, 3.8) is 0 Å². The fourth-order valence-corrected chi connectivity index (χ4v) is 2.25. The van der Waals surface area contributed by atoms with Gasteiger partial charge in [-0.2, -0.15) is 0 Å². The van der Waals surface area contributed by atoms with E-state index in [1.54, 1.807) is 0 Å². The molecule has 0 aromatic rings. The fraction of sp³-hybridized carbons (Fsp3) is 1.00. The summed E-state index contributed by atoms with van der Waals surface area (Å²) in [6.07, 6.45) is 4.29. The Kier molecular flexibility index (Phi) is 2.34. The quantitative estimate of drug-likeness (QED) is 0.650. The molecule has 1 heterocycles. The van der Waals surface area contributed by atoms with E-state index in [-0.39, 0.29) is 6.04 Å². The topological polar surface area (TPSA) is 49.5 Å². The van der Waals surface area contributed by atoms with Crippen LogP contribution in [0, 0.1) is 0 Å². The molecule has 1 aliphatic heterocycles. The second-order valence-corrected chi connectivity index (χ2v) is 4.54. The number of likely N-dealkylation sites (tertiary alicyclic amines) is 1. The van der Waals surface area contributed by atoms with E-state index in [0.29, 0.717) is 0 Å². The minimum atomic E-state index is -0.592. The zero-order chi connectivity index (χ0) is 9.47. The first-order valence-electron chi connectivity index (χ1n) is 5.38. The van der Waals surface area contributed by atoms with Gasteiger partial charge in [0.2, 0.25) is 0 Å². The van der Waals surface area contributed by atoms with Gasteiger partial charge in [0.05, 0.1) is 5.60 Å². The molecule has 3 N–H and O–H groups in total. The highest BCUT2D eigenvalue weighted by Crippen LogP contribution is 2.32. The van der Waals surface area contributed by atoms with E-state index in [9.17, 15) is 5.11 Å². The number of nitrogens with two attached hydrogens (primary N) is 1. The largest absolute Gasteiger partial charge is 0.388 e. The van der Waals surface area contributed by atoms with Gasteiger partial charge in [0.25, 0.3) is 0 Å². The van der Waals surface area contributed by atoms with E-state index in [1.165, 1.54) is 12.8 Å². The maximum Gasteiger partial charge on any atom is 0.0820 e. The standard InChI is InChI=1S/C10H20N2O/c1-2-10(13)5-6-12(7-9(10)11)8-3-4-8/h8-9,13H,2-7,11H2,1H3. The third-order valence-electron chi connectivity index (χ3n) is 3.63. The Bertz CT molecular complexity index is 193. The Hall–Kier alpha value is -0.120. The van der Waals surface area contributed by atoms with Crippen LogP contribution < -0.4 is 5.73 Å². The highest BCUT2D eigenvalue weighted by atomic mass is 16.3. The molecule has 76 valence electrons. The van der Waals surface area contributed by atoms with Gasteiger partial charge < -0.3 is 10.8 Å². The van der Waals surface area contributed by atoms with Gasteiger partial charge >= 0.3 is 0 Å². The first-order valence-corrected chi connectivity index (χ1v) is 5.38. The normalized spacial score (nSPS) is 42.2. The van der Waals surface area contributed by atoms with Crippen LogP contribution in [0.2, 0.25) is 0 Å². The molecule has 1 aliphatic carbocycles. The summed E-state index contributed by atoms with van der Waals surface area (Å²) >= 11 is 0. The number of nitrogens with zero attached hydrogens (tertiary/aromatic N) is 1. The Labute approximate surface area is 79.9 Å². The maximum atomic E-state index is 10.1. The smallest absolute Gasteiger partial charge is 0.0820 e. The van der Waals surface area contributed by atoms with Crippen LogP contribution in [0.25, 0.3) is 0 Å². The van der Waals surface area contributed by atoms with Crippen LogP contribution >= 0.6 is 0 Å². The third kappa shape index (κ3) is 1.73. The molecule has 13 heavy (non-hydrogen) atoms. The molecule has 0 radical (unpaired) electrons. The molecule has 3 heteroatoms. The lowest BCUT2D eigenvalue weighted by Gasteiger charge is -2.42. The van der Waals surface area contributed by atoms with Crippen LogP contribution in [-0.4, -0.2) is 40.8 Å².